The summed E-state index contributed by atoms with van der Waals surface area (Å²) in [5.74, 6) is -0.664. The highest BCUT2D eigenvalue weighted by Crippen LogP contribution is 2.46. The molecule has 1 aliphatic rings. The Morgan fingerprint density at radius 2 is 2.30 bits per heavy atom. The number of allylic oxidation sites excluding steroid dienone is 1. The Morgan fingerprint density at radius 1 is 1.80 bits per heavy atom. The quantitative estimate of drug-likeness (QED) is 0.594. The van der Waals surface area contributed by atoms with Crippen LogP contribution < -0.4 is 0 Å². The van der Waals surface area contributed by atoms with E-state index in [0.29, 0.717) is 12.8 Å². The normalized spacial score (nSPS) is 21.9. The molecule has 0 atom stereocenters. The van der Waals surface area contributed by atoms with Gasteiger partial charge in [0.15, 0.2) is 0 Å². The van der Waals surface area contributed by atoms with Gasteiger partial charge in [0, 0.05) is 0 Å². The maximum Gasteiger partial charge on any atom is 0.310 e. The topological polar surface area (TPSA) is 37.3 Å². The standard InChI is InChI=1S/C8H12O2/c1-3-8(7(9)10)4-6(2)5-8/h2-5H2,1H3,(H,9,10). The van der Waals surface area contributed by atoms with Gasteiger partial charge in [0.05, 0.1) is 5.41 Å². The number of hydrogen-bond acceptors (Lipinski definition) is 1. The van der Waals surface area contributed by atoms with Crippen molar-refractivity contribution in [2.45, 2.75) is 26.2 Å². The molecule has 1 rings (SSSR count). The molecule has 0 radical (unpaired) electrons. The zero-order valence-corrected chi connectivity index (χ0v) is 6.18. The molecule has 1 N–H and O–H groups in total. The second-order valence-corrected chi connectivity index (χ2v) is 3.04. The Hall–Kier alpha value is -0.790. The van der Waals surface area contributed by atoms with Crippen LogP contribution in [0.5, 0.6) is 0 Å². The van der Waals surface area contributed by atoms with Crippen molar-refractivity contribution in [3.8, 4) is 0 Å². The third kappa shape index (κ3) is 0.838. The van der Waals surface area contributed by atoms with Crippen molar-refractivity contribution in [2.75, 3.05) is 0 Å². The maximum atomic E-state index is 10.6. The van der Waals surface area contributed by atoms with Gasteiger partial charge in [-0.25, -0.2) is 0 Å². The van der Waals surface area contributed by atoms with Crippen molar-refractivity contribution >= 4 is 5.97 Å². The summed E-state index contributed by atoms with van der Waals surface area (Å²) in [6.45, 7) is 5.64. The van der Waals surface area contributed by atoms with E-state index in [4.69, 9.17) is 5.11 Å². The third-order valence-corrected chi connectivity index (χ3v) is 2.31. The highest BCUT2D eigenvalue weighted by molar-refractivity contribution is 5.77. The van der Waals surface area contributed by atoms with E-state index in [9.17, 15) is 4.79 Å². The number of carboxylic acid groups (broad SMARTS) is 1. The molecule has 0 bridgehead atoms. The molecule has 0 spiro atoms. The second-order valence-electron chi connectivity index (χ2n) is 3.04. The Kier molecular flexibility index (Phi) is 1.55. The van der Waals surface area contributed by atoms with Crippen molar-refractivity contribution in [3.63, 3.8) is 0 Å². The molecule has 0 saturated heterocycles. The minimum absolute atomic E-state index is 0.447. The lowest BCUT2D eigenvalue weighted by Crippen LogP contribution is -2.38. The first-order chi connectivity index (χ1) is 4.60. The predicted molar refractivity (Wildman–Crippen MR) is 38.7 cm³/mol. The minimum Gasteiger partial charge on any atom is -0.481 e. The van der Waals surface area contributed by atoms with E-state index < -0.39 is 11.4 Å². The van der Waals surface area contributed by atoms with E-state index in [-0.39, 0.29) is 0 Å². The SMILES string of the molecule is C=C1CC(CC)(C(=O)O)C1. The molecule has 56 valence electrons. The summed E-state index contributed by atoms with van der Waals surface area (Å²) in [5.41, 5.74) is 0.626. The van der Waals surface area contributed by atoms with E-state index >= 15 is 0 Å². The molecule has 2 heteroatoms. The van der Waals surface area contributed by atoms with Crippen molar-refractivity contribution in [2.24, 2.45) is 5.41 Å². The summed E-state index contributed by atoms with van der Waals surface area (Å²) in [7, 11) is 0. The molecule has 1 aliphatic carbocycles. The fourth-order valence-corrected chi connectivity index (χ4v) is 1.46. The van der Waals surface area contributed by atoms with Gasteiger partial charge < -0.3 is 5.11 Å². The summed E-state index contributed by atoms with van der Waals surface area (Å²) in [6.07, 6.45) is 2.08. The van der Waals surface area contributed by atoms with Crippen LogP contribution in [0.4, 0.5) is 0 Å². The highest BCUT2D eigenvalue weighted by Gasteiger charge is 2.44. The van der Waals surface area contributed by atoms with Gasteiger partial charge in [-0.15, -0.1) is 0 Å². The first kappa shape index (κ1) is 7.32. The Labute approximate surface area is 60.6 Å². The smallest absolute Gasteiger partial charge is 0.310 e. The van der Waals surface area contributed by atoms with Crippen LogP contribution >= 0.6 is 0 Å². The fraction of sp³-hybridized carbons (Fsp3) is 0.625. The molecular weight excluding hydrogens is 128 g/mol. The van der Waals surface area contributed by atoms with Crippen LogP contribution in [0.1, 0.15) is 26.2 Å². The maximum absolute atomic E-state index is 10.6. The number of rotatable bonds is 2. The number of carbonyl (C=O) groups is 1. The van der Waals surface area contributed by atoms with Gasteiger partial charge >= 0.3 is 5.97 Å². The van der Waals surface area contributed by atoms with Crippen molar-refractivity contribution in [3.05, 3.63) is 12.2 Å². The molecule has 0 heterocycles. The zero-order valence-electron chi connectivity index (χ0n) is 6.18. The van der Waals surface area contributed by atoms with Gasteiger partial charge in [-0.1, -0.05) is 19.1 Å². The van der Waals surface area contributed by atoms with Crippen molar-refractivity contribution in [1.82, 2.24) is 0 Å². The predicted octanol–water partition coefficient (Wildman–Crippen LogP) is 1.82. The van der Waals surface area contributed by atoms with Gasteiger partial charge in [-0.3, -0.25) is 4.79 Å². The number of carboxylic acids is 1. The van der Waals surface area contributed by atoms with Crippen LogP contribution in [0, 0.1) is 5.41 Å². The van der Waals surface area contributed by atoms with Gasteiger partial charge in [0.25, 0.3) is 0 Å². The van der Waals surface area contributed by atoms with Crippen LogP contribution in [0.2, 0.25) is 0 Å². The molecule has 1 saturated carbocycles. The van der Waals surface area contributed by atoms with Gasteiger partial charge in [-0.05, 0) is 19.3 Å². The van der Waals surface area contributed by atoms with Crippen molar-refractivity contribution in [1.29, 1.82) is 0 Å². The molecule has 2 nitrogen and oxygen atoms in total. The van der Waals surface area contributed by atoms with E-state index in [1.807, 2.05) is 6.92 Å². The summed E-state index contributed by atoms with van der Waals surface area (Å²) in [6, 6.07) is 0. The lowest BCUT2D eigenvalue weighted by atomic mass is 9.64. The van der Waals surface area contributed by atoms with E-state index in [2.05, 4.69) is 6.58 Å². The molecule has 0 unspecified atom stereocenters. The molecule has 0 aliphatic heterocycles. The summed E-state index contributed by atoms with van der Waals surface area (Å²) in [5, 5.41) is 8.76. The minimum atomic E-state index is -0.664. The summed E-state index contributed by atoms with van der Waals surface area (Å²) in [4.78, 5) is 10.6. The molecule has 10 heavy (non-hydrogen) atoms. The Morgan fingerprint density at radius 3 is 2.40 bits per heavy atom. The lowest BCUT2D eigenvalue weighted by molar-refractivity contribution is -0.151. The molecule has 0 aromatic rings. The molecule has 1 fully saturated rings. The number of aliphatic carboxylic acids is 1. The van der Waals surface area contributed by atoms with Gasteiger partial charge in [0.2, 0.25) is 0 Å². The molecule has 0 aromatic heterocycles. The van der Waals surface area contributed by atoms with E-state index in [1.165, 1.54) is 0 Å². The van der Waals surface area contributed by atoms with Crippen molar-refractivity contribution < 1.29 is 9.90 Å². The Balaban J connectivity index is 2.65. The van der Waals surface area contributed by atoms with Gasteiger partial charge in [-0.2, -0.15) is 0 Å². The largest absolute Gasteiger partial charge is 0.481 e. The first-order valence-electron chi connectivity index (χ1n) is 3.51. The number of hydrogen-bond donors (Lipinski definition) is 1. The first-order valence-corrected chi connectivity index (χ1v) is 3.51. The van der Waals surface area contributed by atoms with Crippen LogP contribution in [-0.4, -0.2) is 11.1 Å². The molecular formula is C8H12O2. The Bertz CT molecular complexity index is 174. The van der Waals surface area contributed by atoms with E-state index in [1.54, 1.807) is 0 Å². The van der Waals surface area contributed by atoms with Crippen LogP contribution in [-0.2, 0) is 4.79 Å². The van der Waals surface area contributed by atoms with Crippen LogP contribution in [0.25, 0.3) is 0 Å². The molecule has 0 amide bonds. The fourth-order valence-electron chi connectivity index (χ4n) is 1.46. The van der Waals surface area contributed by atoms with Gasteiger partial charge in [0.1, 0.15) is 0 Å². The monoisotopic (exact) mass is 140 g/mol. The average Bonchev–Trinajstić information content (AvgIpc) is 1.79. The average molecular weight is 140 g/mol. The lowest BCUT2D eigenvalue weighted by Gasteiger charge is -2.38. The van der Waals surface area contributed by atoms with Crippen LogP contribution in [0.15, 0.2) is 12.2 Å². The summed E-state index contributed by atoms with van der Waals surface area (Å²) >= 11 is 0. The zero-order chi connectivity index (χ0) is 7.78. The third-order valence-electron chi connectivity index (χ3n) is 2.31. The van der Waals surface area contributed by atoms with Crippen LogP contribution in [0.3, 0.4) is 0 Å². The highest BCUT2D eigenvalue weighted by atomic mass is 16.4. The second kappa shape index (κ2) is 2.11. The molecule has 0 aromatic carbocycles. The van der Waals surface area contributed by atoms with E-state index in [0.717, 1.165) is 12.0 Å². The summed E-state index contributed by atoms with van der Waals surface area (Å²) < 4.78 is 0.